The van der Waals surface area contributed by atoms with Crippen molar-refractivity contribution in [3.8, 4) is 34.1 Å². The second kappa shape index (κ2) is 17.0. The number of anilines is 2. The third-order valence-electron chi connectivity index (χ3n) is 9.75. The number of rotatable bonds is 7. The molecule has 3 aromatic heterocycles. The Hall–Kier alpha value is -6.95. The molecule has 0 aliphatic heterocycles. The summed E-state index contributed by atoms with van der Waals surface area (Å²) in [7, 11) is 0. The number of imidazole rings is 2. The number of nitrogens with zero attached hydrogens (tertiary/aromatic N) is 3. The van der Waals surface area contributed by atoms with E-state index in [0.29, 0.717) is 76.5 Å². The van der Waals surface area contributed by atoms with Crippen molar-refractivity contribution in [2.45, 2.75) is 0 Å². The van der Waals surface area contributed by atoms with Gasteiger partial charge in [0, 0.05) is 28.1 Å². The molecule has 7 aromatic carbocycles. The summed E-state index contributed by atoms with van der Waals surface area (Å²) in [5, 5.41) is 10.1. The molecule has 14 heteroatoms. The predicted molar refractivity (Wildman–Crippen MR) is 245 cm³/mol. The molecular formula is C47H29Cl4N7O3. The van der Waals surface area contributed by atoms with E-state index in [9.17, 15) is 9.59 Å². The van der Waals surface area contributed by atoms with E-state index in [2.05, 4.69) is 35.6 Å². The smallest absolute Gasteiger partial charge is 0.255 e. The van der Waals surface area contributed by atoms with Crippen molar-refractivity contribution in [3.05, 3.63) is 183 Å². The SMILES string of the molecule is O=C(Nc1ccc(-c2cnco2)cc1)c1ccc2nc(-c3c(Cl)cccc3Cl)[nH]c2c1.O=C(Nc1ccc2ccccc2c1)c1ccc2nc(-c3c(Cl)cccc3Cl)[nH]c2c1. The normalized spacial score (nSPS) is 11.1. The molecule has 0 spiro atoms. The van der Waals surface area contributed by atoms with Crippen LogP contribution in [-0.4, -0.2) is 36.7 Å². The second-order valence-electron chi connectivity index (χ2n) is 13.7. The Bertz CT molecular complexity index is 3210. The van der Waals surface area contributed by atoms with Crippen LogP contribution < -0.4 is 10.6 Å². The molecule has 0 atom stereocenters. The highest BCUT2D eigenvalue weighted by Crippen LogP contribution is 2.35. The lowest BCUT2D eigenvalue weighted by atomic mass is 10.1. The fraction of sp³-hybridized carbons (Fsp3) is 0. The van der Waals surface area contributed by atoms with Crippen molar-refractivity contribution < 1.29 is 14.0 Å². The number of H-pyrrole nitrogens is 2. The number of benzene rings is 7. The molecule has 298 valence electrons. The quantitative estimate of drug-likeness (QED) is 0.126. The van der Waals surface area contributed by atoms with Gasteiger partial charge < -0.3 is 25.0 Å². The number of hydrogen-bond donors (Lipinski definition) is 4. The zero-order valence-electron chi connectivity index (χ0n) is 31.5. The molecule has 0 saturated heterocycles. The van der Waals surface area contributed by atoms with Crippen LogP contribution in [0.15, 0.2) is 157 Å². The molecule has 3 heterocycles. The van der Waals surface area contributed by atoms with Gasteiger partial charge in [-0.25, -0.2) is 15.0 Å². The summed E-state index contributed by atoms with van der Waals surface area (Å²) < 4.78 is 5.27. The first kappa shape index (κ1) is 39.5. The number of nitrogens with one attached hydrogen (secondary N) is 4. The third kappa shape index (κ3) is 8.43. The van der Waals surface area contributed by atoms with E-state index in [0.717, 1.165) is 33.1 Å². The van der Waals surface area contributed by atoms with Crippen LogP contribution in [0.5, 0.6) is 0 Å². The lowest BCUT2D eigenvalue weighted by Crippen LogP contribution is -2.11. The number of oxazole rings is 1. The Morgan fingerprint density at radius 2 is 1.03 bits per heavy atom. The Balaban J connectivity index is 0.000000156. The molecule has 0 bridgehead atoms. The maximum atomic E-state index is 12.8. The highest BCUT2D eigenvalue weighted by atomic mass is 35.5. The van der Waals surface area contributed by atoms with E-state index in [-0.39, 0.29) is 11.8 Å². The van der Waals surface area contributed by atoms with Crippen molar-refractivity contribution in [3.63, 3.8) is 0 Å². The summed E-state index contributed by atoms with van der Waals surface area (Å²) in [4.78, 5) is 45.0. The molecule has 0 aliphatic carbocycles. The molecule has 61 heavy (non-hydrogen) atoms. The summed E-state index contributed by atoms with van der Waals surface area (Å²) in [5.74, 6) is 1.34. The first-order valence-electron chi connectivity index (χ1n) is 18.7. The number of aromatic amines is 2. The van der Waals surface area contributed by atoms with Gasteiger partial charge in [-0.1, -0.05) is 88.9 Å². The number of carbonyl (C=O) groups excluding carboxylic acids is 2. The fourth-order valence-corrected chi connectivity index (χ4v) is 7.89. The predicted octanol–water partition coefficient (Wildman–Crippen LogP) is 13.4. The van der Waals surface area contributed by atoms with E-state index in [1.54, 1.807) is 79.0 Å². The topological polar surface area (TPSA) is 142 Å². The first-order chi connectivity index (χ1) is 29.7. The summed E-state index contributed by atoms with van der Waals surface area (Å²) in [6, 6.07) is 42.3. The van der Waals surface area contributed by atoms with Crippen LogP contribution in [0.1, 0.15) is 20.7 Å². The molecule has 10 rings (SSSR count). The van der Waals surface area contributed by atoms with Gasteiger partial charge in [-0.3, -0.25) is 9.59 Å². The number of fused-ring (bicyclic) bond motifs is 3. The van der Waals surface area contributed by atoms with E-state index < -0.39 is 0 Å². The monoisotopic (exact) mass is 879 g/mol. The maximum absolute atomic E-state index is 12.8. The Labute approximate surface area is 367 Å². The van der Waals surface area contributed by atoms with Crippen molar-refractivity contribution >= 4 is 102 Å². The van der Waals surface area contributed by atoms with Crippen molar-refractivity contribution in [1.29, 1.82) is 0 Å². The van der Waals surface area contributed by atoms with E-state index in [1.165, 1.54) is 6.39 Å². The van der Waals surface area contributed by atoms with Crippen LogP contribution in [0.2, 0.25) is 20.1 Å². The maximum Gasteiger partial charge on any atom is 0.255 e. The van der Waals surface area contributed by atoms with Gasteiger partial charge in [-0.05, 0) is 108 Å². The summed E-state index contributed by atoms with van der Waals surface area (Å²) >= 11 is 25.2. The Morgan fingerprint density at radius 3 is 1.56 bits per heavy atom. The van der Waals surface area contributed by atoms with E-state index in [4.69, 9.17) is 50.8 Å². The molecule has 4 N–H and O–H groups in total. The Kier molecular flexibility index (Phi) is 11.0. The minimum absolute atomic E-state index is 0.195. The van der Waals surface area contributed by atoms with Crippen LogP contribution in [0.25, 0.3) is 66.9 Å². The van der Waals surface area contributed by atoms with Gasteiger partial charge in [-0.15, -0.1) is 0 Å². The van der Waals surface area contributed by atoms with E-state index in [1.807, 2.05) is 66.7 Å². The lowest BCUT2D eigenvalue weighted by molar-refractivity contribution is 0.101. The van der Waals surface area contributed by atoms with Crippen LogP contribution in [0.3, 0.4) is 0 Å². The van der Waals surface area contributed by atoms with E-state index >= 15 is 0 Å². The van der Waals surface area contributed by atoms with Crippen molar-refractivity contribution in [2.24, 2.45) is 0 Å². The number of aromatic nitrogens is 5. The molecule has 0 radical (unpaired) electrons. The number of halogens is 4. The van der Waals surface area contributed by atoms with Gasteiger partial charge in [0.25, 0.3) is 11.8 Å². The van der Waals surface area contributed by atoms with Crippen LogP contribution >= 0.6 is 46.4 Å². The van der Waals surface area contributed by atoms with Crippen LogP contribution in [0, 0.1) is 0 Å². The molecule has 2 amide bonds. The number of carbonyl (C=O) groups is 2. The number of amides is 2. The molecule has 0 fully saturated rings. The van der Waals surface area contributed by atoms with Crippen LogP contribution in [0.4, 0.5) is 11.4 Å². The summed E-state index contributed by atoms with van der Waals surface area (Å²) in [6.45, 7) is 0. The van der Waals surface area contributed by atoms with Gasteiger partial charge in [0.15, 0.2) is 12.2 Å². The van der Waals surface area contributed by atoms with Gasteiger partial charge >= 0.3 is 0 Å². The first-order valence-corrected chi connectivity index (χ1v) is 20.2. The molecule has 0 aliphatic rings. The van der Waals surface area contributed by atoms with Gasteiger partial charge in [0.05, 0.1) is 59.5 Å². The fourth-order valence-electron chi connectivity index (χ4n) is 6.74. The average molecular weight is 882 g/mol. The average Bonchev–Trinajstić information content (AvgIpc) is 4.04. The summed E-state index contributed by atoms with van der Waals surface area (Å²) in [6.07, 6.45) is 3.01. The largest absolute Gasteiger partial charge is 0.444 e. The zero-order chi connectivity index (χ0) is 42.0. The summed E-state index contributed by atoms with van der Waals surface area (Å²) in [5.41, 5.74) is 7.43. The second-order valence-corrected chi connectivity index (χ2v) is 15.4. The van der Waals surface area contributed by atoms with Crippen LogP contribution in [-0.2, 0) is 0 Å². The van der Waals surface area contributed by atoms with Gasteiger partial charge in [-0.2, -0.15) is 0 Å². The number of hydrogen-bond acceptors (Lipinski definition) is 6. The zero-order valence-corrected chi connectivity index (χ0v) is 34.5. The minimum atomic E-state index is -0.235. The highest BCUT2D eigenvalue weighted by molar-refractivity contribution is 6.39. The highest BCUT2D eigenvalue weighted by Gasteiger charge is 2.17. The molecule has 10 nitrogen and oxygen atoms in total. The van der Waals surface area contributed by atoms with Crippen molar-refractivity contribution in [1.82, 2.24) is 24.9 Å². The minimum Gasteiger partial charge on any atom is -0.444 e. The Morgan fingerprint density at radius 1 is 0.525 bits per heavy atom. The molecule has 0 unspecified atom stereocenters. The standard InChI is InChI=1S/C24H15Cl2N3O.C23H14Cl2N4O2/c25-18-6-3-7-19(26)22(18)23-28-20-11-9-16(13-21(20)29-23)24(30)27-17-10-8-14-4-1-2-5-15(14)12-17;24-16-2-1-3-17(25)21(16)22-28-18-9-6-14(10-19(18)29-22)23(30)27-15-7-4-13(5-8-15)20-11-26-12-31-20/h1-13H,(H,27,30)(H,28,29);1-12H,(H,27,30)(H,28,29). The lowest BCUT2D eigenvalue weighted by Gasteiger charge is -2.07. The van der Waals surface area contributed by atoms with Gasteiger partial charge in [0.2, 0.25) is 0 Å². The molecule has 0 saturated carbocycles. The van der Waals surface area contributed by atoms with Gasteiger partial charge in [0.1, 0.15) is 11.6 Å². The molecular weight excluding hydrogens is 852 g/mol. The molecule has 10 aromatic rings. The third-order valence-corrected chi connectivity index (χ3v) is 11.0. The van der Waals surface area contributed by atoms with Crippen molar-refractivity contribution in [2.75, 3.05) is 10.6 Å².